The van der Waals surface area contributed by atoms with Crippen LogP contribution >= 0.6 is 0 Å². The maximum absolute atomic E-state index is 12.4. The van der Waals surface area contributed by atoms with Crippen LogP contribution in [-0.4, -0.2) is 41.4 Å². The number of hydrogen-bond acceptors (Lipinski definition) is 5. The van der Waals surface area contributed by atoms with Crippen LogP contribution in [0.5, 0.6) is 11.5 Å². The average molecular weight is 362 g/mol. The van der Waals surface area contributed by atoms with Crippen molar-refractivity contribution in [2.24, 2.45) is 0 Å². The molecule has 2 N–H and O–H groups in total. The molecule has 2 aliphatic heterocycles. The molecule has 1 atom stereocenters. The van der Waals surface area contributed by atoms with E-state index in [1.54, 1.807) is 4.90 Å². The van der Waals surface area contributed by atoms with Crippen molar-refractivity contribution >= 4 is 11.8 Å². The van der Waals surface area contributed by atoms with E-state index in [2.05, 4.69) is 13.8 Å². The van der Waals surface area contributed by atoms with E-state index in [1.165, 1.54) is 0 Å². The van der Waals surface area contributed by atoms with Crippen LogP contribution in [0, 0.1) is 0 Å². The zero-order chi connectivity index (χ0) is 19.1. The fourth-order valence-electron chi connectivity index (χ4n) is 3.53. The number of ether oxygens (including phenoxy) is 3. The third-order valence-electron chi connectivity index (χ3n) is 4.63. The first-order valence-corrected chi connectivity index (χ1v) is 9.28. The summed E-state index contributed by atoms with van der Waals surface area (Å²) in [6.45, 7) is 10.8. The van der Waals surface area contributed by atoms with Gasteiger partial charge in [0.15, 0.2) is 0 Å². The van der Waals surface area contributed by atoms with Crippen molar-refractivity contribution in [3.63, 3.8) is 0 Å². The Labute approximate surface area is 155 Å². The number of nitrogens with two attached hydrogens (primary N) is 1. The van der Waals surface area contributed by atoms with Crippen LogP contribution in [0.3, 0.4) is 0 Å². The summed E-state index contributed by atoms with van der Waals surface area (Å²) in [6, 6.07) is 3.79. The fourth-order valence-corrected chi connectivity index (χ4v) is 3.53. The van der Waals surface area contributed by atoms with Crippen LogP contribution in [0.4, 0.5) is 10.5 Å². The molecule has 1 aromatic carbocycles. The molecule has 26 heavy (non-hydrogen) atoms. The van der Waals surface area contributed by atoms with Gasteiger partial charge in [-0.05, 0) is 53.5 Å². The zero-order valence-corrected chi connectivity index (χ0v) is 16.4. The van der Waals surface area contributed by atoms with E-state index >= 15 is 0 Å². The molecule has 1 fully saturated rings. The molecule has 0 unspecified atom stereocenters. The van der Waals surface area contributed by atoms with Gasteiger partial charge in [-0.15, -0.1) is 0 Å². The number of likely N-dealkylation sites (tertiary alicyclic amines) is 1. The third-order valence-corrected chi connectivity index (χ3v) is 4.63. The van der Waals surface area contributed by atoms with Crippen LogP contribution < -0.4 is 15.2 Å². The highest BCUT2D eigenvalue weighted by molar-refractivity contribution is 5.69. The molecule has 144 valence electrons. The fraction of sp³-hybridized carbons (Fsp3) is 0.650. The normalized spacial score (nSPS) is 21.3. The Bertz CT molecular complexity index is 694. The molecule has 2 heterocycles. The van der Waals surface area contributed by atoms with E-state index in [4.69, 9.17) is 19.9 Å². The summed E-state index contributed by atoms with van der Waals surface area (Å²) in [7, 11) is 0. The van der Waals surface area contributed by atoms with Gasteiger partial charge < -0.3 is 24.8 Å². The zero-order valence-electron chi connectivity index (χ0n) is 16.4. The number of benzene rings is 1. The number of nitrogens with zero attached hydrogens (tertiary/aromatic N) is 1. The number of nitrogen functional groups attached to an aromatic ring is 1. The highest BCUT2D eigenvalue weighted by Gasteiger charge is 2.34. The molecule has 3 rings (SSSR count). The Morgan fingerprint density at radius 2 is 2.12 bits per heavy atom. The SMILES string of the molecule is CC(C)(C)OC(=O)N1CCC[C@@H]1COc1cc2c(cc1N)CC(C)(C)O2. The Morgan fingerprint density at radius 3 is 2.81 bits per heavy atom. The van der Waals surface area contributed by atoms with Crippen molar-refractivity contribution in [1.29, 1.82) is 0 Å². The van der Waals surface area contributed by atoms with Crippen LogP contribution in [0.25, 0.3) is 0 Å². The third kappa shape index (κ3) is 4.17. The smallest absolute Gasteiger partial charge is 0.410 e. The molecule has 1 saturated heterocycles. The first-order chi connectivity index (χ1) is 12.0. The predicted molar refractivity (Wildman–Crippen MR) is 101 cm³/mol. The summed E-state index contributed by atoms with van der Waals surface area (Å²) in [5.74, 6) is 1.44. The molecule has 6 nitrogen and oxygen atoms in total. The van der Waals surface area contributed by atoms with E-state index in [0.717, 1.165) is 30.6 Å². The van der Waals surface area contributed by atoms with Crippen molar-refractivity contribution in [2.75, 3.05) is 18.9 Å². The molecule has 0 aliphatic carbocycles. The molecule has 0 radical (unpaired) electrons. The monoisotopic (exact) mass is 362 g/mol. The summed E-state index contributed by atoms with van der Waals surface area (Å²) >= 11 is 0. The average Bonchev–Trinajstić information content (AvgIpc) is 3.05. The van der Waals surface area contributed by atoms with Gasteiger partial charge in [0.05, 0.1) is 11.7 Å². The highest BCUT2D eigenvalue weighted by atomic mass is 16.6. The quantitative estimate of drug-likeness (QED) is 0.829. The number of carbonyl (C=O) groups is 1. The molecular weight excluding hydrogens is 332 g/mol. The molecule has 2 aliphatic rings. The lowest BCUT2D eigenvalue weighted by Gasteiger charge is -2.28. The largest absolute Gasteiger partial charge is 0.489 e. The van der Waals surface area contributed by atoms with Crippen molar-refractivity contribution in [1.82, 2.24) is 4.90 Å². The van der Waals surface area contributed by atoms with Gasteiger partial charge >= 0.3 is 6.09 Å². The van der Waals surface area contributed by atoms with E-state index in [0.29, 0.717) is 24.6 Å². The number of hydrogen-bond donors (Lipinski definition) is 1. The van der Waals surface area contributed by atoms with E-state index in [9.17, 15) is 4.79 Å². The molecule has 6 heteroatoms. The second-order valence-corrected chi connectivity index (χ2v) is 8.82. The van der Waals surface area contributed by atoms with Crippen molar-refractivity contribution in [3.05, 3.63) is 17.7 Å². The minimum atomic E-state index is -0.500. The summed E-state index contributed by atoms with van der Waals surface area (Å²) in [4.78, 5) is 14.1. The first kappa shape index (κ1) is 18.7. The van der Waals surface area contributed by atoms with Gasteiger partial charge in [-0.1, -0.05) is 0 Å². The maximum Gasteiger partial charge on any atom is 0.410 e. The topological polar surface area (TPSA) is 74.0 Å². The summed E-state index contributed by atoms with van der Waals surface area (Å²) in [5, 5.41) is 0. The highest BCUT2D eigenvalue weighted by Crippen LogP contribution is 2.40. The Hall–Kier alpha value is -2.11. The standard InChI is InChI=1S/C20H30N2O4/c1-19(2,3)26-18(23)22-8-6-7-14(22)12-24-17-10-16-13(9-15(17)21)11-20(4,5)25-16/h9-10,14H,6-8,11-12,21H2,1-5H3/t14-/m1/s1. The Kier molecular flexibility index (Phi) is 4.71. The van der Waals surface area contributed by atoms with Gasteiger partial charge in [0, 0.05) is 24.6 Å². The summed E-state index contributed by atoms with van der Waals surface area (Å²) in [5.41, 5.74) is 7.15. The molecule has 0 bridgehead atoms. The lowest BCUT2D eigenvalue weighted by molar-refractivity contribution is 0.0187. The molecule has 0 spiro atoms. The van der Waals surface area contributed by atoms with E-state index in [-0.39, 0.29) is 17.7 Å². The minimum absolute atomic E-state index is 0.00476. The van der Waals surface area contributed by atoms with Crippen molar-refractivity contribution in [3.8, 4) is 11.5 Å². The Balaban J connectivity index is 1.65. The van der Waals surface area contributed by atoms with Gasteiger partial charge in [0.1, 0.15) is 29.3 Å². The number of anilines is 1. The number of amides is 1. The van der Waals surface area contributed by atoms with Gasteiger partial charge in [-0.25, -0.2) is 4.79 Å². The lowest BCUT2D eigenvalue weighted by atomic mass is 10.0. The maximum atomic E-state index is 12.4. The predicted octanol–water partition coefficient (Wildman–Crippen LogP) is 3.76. The second kappa shape index (κ2) is 6.56. The lowest BCUT2D eigenvalue weighted by Crippen LogP contribution is -2.42. The van der Waals surface area contributed by atoms with E-state index in [1.807, 2.05) is 32.9 Å². The van der Waals surface area contributed by atoms with Crippen LogP contribution in [0.2, 0.25) is 0 Å². The van der Waals surface area contributed by atoms with Crippen LogP contribution in [0.15, 0.2) is 12.1 Å². The van der Waals surface area contributed by atoms with Crippen LogP contribution in [0.1, 0.15) is 53.0 Å². The van der Waals surface area contributed by atoms with Crippen LogP contribution in [-0.2, 0) is 11.2 Å². The Morgan fingerprint density at radius 1 is 1.38 bits per heavy atom. The molecule has 0 aromatic heterocycles. The minimum Gasteiger partial charge on any atom is -0.489 e. The molecule has 0 saturated carbocycles. The summed E-state index contributed by atoms with van der Waals surface area (Å²) in [6.07, 6.45) is 2.40. The molecule has 1 aromatic rings. The van der Waals surface area contributed by atoms with Crippen molar-refractivity contribution < 1.29 is 19.0 Å². The van der Waals surface area contributed by atoms with Gasteiger partial charge in [0.2, 0.25) is 0 Å². The molecule has 1 amide bonds. The van der Waals surface area contributed by atoms with Gasteiger partial charge in [0.25, 0.3) is 0 Å². The number of fused-ring (bicyclic) bond motifs is 1. The van der Waals surface area contributed by atoms with Gasteiger partial charge in [-0.2, -0.15) is 0 Å². The molecular formula is C20H30N2O4. The van der Waals surface area contributed by atoms with E-state index < -0.39 is 5.60 Å². The summed E-state index contributed by atoms with van der Waals surface area (Å²) < 4.78 is 17.4. The van der Waals surface area contributed by atoms with Gasteiger partial charge in [-0.3, -0.25) is 0 Å². The van der Waals surface area contributed by atoms with Crippen molar-refractivity contribution in [2.45, 2.75) is 71.1 Å². The first-order valence-electron chi connectivity index (χ1n) is 9.28. The number of rotatable bonds is 3. The second-order valence-electron chi connectivity index (χ2n) is 8.82. The number of carbonyl (C=O) groups excluding carboxylic acids is 1.